The molecule has 1 fully saturated rings. The van der Waals surface area contributed by atoms with Gasteiger partial charge >= 0.3 is 0 Å². The normalized spacial score (nSPS) is 16.1. The first-order valence-electron chi connectivity index (χ1n) is 5.34. The van der Waals surface area contributed by atoms with Crippen LogP contribution in [0.3, 0.4) is 0 Å². The molecule has 5 nitrogen and oxygen atoms in total. The average Bonchev–Trinajstić information content (AvgIpc) is 2.67. The quantitative estimate of drug-likeness (QED) is 0.913. The van der Waals surface area contributed by atoms with Gasteiger partial charge in [-0.25, -0.2) is 4.98 Å². The van der Waals surface area contributed by atoms with E-state index in [1.807, 2.05) is 0 Å². The van der Waals surface area contributed by atoms with Crippen molar-refractivity contribution in [3.05, 3.63) is 10.5 Å². The van der Waals surface area contributed by atoms with Gasteiger partial charge in [-0.2, -0.15) is 0 Å². The molecule has 0 radical (unpaired) electrons. The Morgan fingerprint density at radius 3 is 3.06 bits per heavy atom. The fourth-order valence-corrected chi connectivity index (χ4v) is 2.50. The smallest absolute Gasteiger partial charge is 0.245 e. The topological polar surface area (TPSA) is 62.3 Å². The first kappa shape index (κ1) is 12.3. The molecule has 1 aliphatic heterocycles. The highest BCUT2D eigenvalue weighted by molar-refractivity contribution is 7.19. The standard InChI is InChI=1S/C10H12ClN3O2S/c11-7-5-12-10(17-7)13-8(15)6-14-4-2-1-3-9(14)16/h5H,1-4,6H2,(H,12,13,15). The third-order valence-corrected chi connectivity index (χ3v) is 3.51. The lowest BCUT2D eigenvalue weighted by Crippen LogP contribution is -2.40. The Bertz CT molecular complexity index is 435. The molecule has 92 valence electrons. The molecule has 1 aromatic heterocycles. The summed E-state index contributed by atoms with van der Waals surface area (Å²) in [5.41, 5.74) is 0. The molecule has 2 rings (SSSR count). The Morgan fingerprint density at radius 1 is 1.59 bits per heavy atom. The van der Waals surface area contributed by atoms with Crippen molar-refractivity contribution < 1.29 is 9.59 Å². The molecule has 1 aliphatic rings. The van der Waals surface area contributed by atoms with Gasteiger partial charge in [0.15, 0.2) is 5.13 Å². The van der Waals surface area contributed by atoms with Gasteiger partial charge < -0.3 is 10.2 Å². The first-order valence-corrected chi connectivity index (χ1v) is 6.53. The number of nitrogens with one attached hydrogen (secondary N) is 1. The second kappa shape index (κ2) is 5.46. The summed E-state index contributed by atoms with van der Waals surface area (Å²) in [6.07, 6.45) is 3.89. The highest BCUT2D eigenvalue weighted by Gasteiger charge is 2.20. The number of carbonyl (C=O) groups is 2. The Balaban J connectivity index is 1.86. The van der Waals surface area contributed by atoms with Gasteiger partial charge in [0.2, 0.25) is 11.8 Å². The van der Waals surface area contributed by atoms with Gasteiger partial charge in [0.25, 0.3) is 0 Å². The lowest BCUT2D eigenvalue weighted by Gasteiger charge is -2.25. The Morgan fingerprint density at radius 2 is 2.41 bits per heavy atom. The van der Waals surface area contributed by atoms with Gasteiger partial charge in [-0.1, -0.05) is 22.9 Å². The Labute approximate surface area is 108 Å². The van der Waals surface area contributed by atoms with E-state index in [1.54, 1.807) is 4.90 Å². The number of anilines is 1. The summed E-state index contributed by atoms with van der Waals surface area (Å²) >= 11 is 6.90. The summed E-state index contributed by atoms with van der Waals surface area (Å²) in [7, 11) is 0. The highest BCUT2D eigenvalue weighted by atomic mass is 35.5. The van der Waals surface area contributed by atoms with E-state index >= 15 is 0 Å². The van der Waals surface area contributed by atoms with Crippen molar-refractivity contribution in [1.82, 2.24) is 9.88 Å². The molecule has 0 aromatic carbocycles. The zero-order valence-corrected chi connectivity index (χ0v) is 10.7. The number of rotatable bonds is 3. The van der Waals surface area contributed by atoms with Crippen LogP contribution < -0.4 is 5.32 Å². The third-order valence-electron chi connectivity index (χ3n) is 2.48. The van der Waals surface area contributed by atoms with E-state index in [2.05, 4.69) is 10.3 Å². The number of likely N-dealkylation sites (tertiary alicyclic amines) is 1. The number of amides is 2. The van der Waals surface area contributed by atoms with E-state index in [4.69, 9.17) is 11.6 Å². The molecule has 7 heteroatoms. The fourth-order valence-electron chi connectivity index (χ4n) is 1.67. The summed E-state index contributed by atoms with van der Waals surface area (Å²) in [5.74, 6) is -0.185. The zero-order valence-electron chi connectivity index (χ0n) is 9.11. The molecule has 17 heavy (non-hydrogen) atoms. The van der Waals surface area contributed by atoms with E-state index in [1.165, 1.54) is 17.5 Å². The number of hydrogen-bond donors (Lipinski definition) is 1. The number of halogens is 1. The first-order chi connectivity index (χ1) is 8.15. The molecule has 0 aliphatic carbocycles. The largest absolute Gasteiger partial charge is 0.333 e. The predicted octanol–water partition coefficient (Wildman–Crippen LogP) is 1.75. The number of nitrogens with zero attached hydrogens (tertiary/aromatic N) is 2. The van der Waals surface area contributed by atoms with Crippen molar-refractivity contribution in [2.45, 2.75) is 19.3 Å². The lowest BCUT2D eigenvalue weighted by molar-refractivity contribution is -0.136. The number of hydrogen-bond acceptors (Lipinski definition) is 4. The minimum absolute atomic E-state index is 0.0450. The maximum Gasteiger partial charge on any atom is 0.245 e. The van der Waals surface area contributed by atoms with Crippen LogP contribution in [0.2, 0.25) is 4.34 Å². The molecule has 0 saturated carbocycles. The van der Waals surface area contributed by atoms with Crippen LogP contribution in [0.5, 0.6) is 0 Å². The van der Waals surface area contributed by atoms with Crippen molar-refractivity contribution in [2.24, 2.45) is 0 Å². The number of carbonyl (C=O) groups excluding carboxylic acids is 2. The highest BCUT2D eigenvalue weighted by Crippen LogP contribution is 2.22. The Hall–Kier alpha value is -1.14. The molecule has 2 heterocycles. The molecule has 2 amide bonds. The van der Waals surface area contributed by atoms with E-state index in [9.17, 15) is 9.59 Å². The van der Waals surface area contributed by atoms with E-state index in [-0.39, 0.29) is 18.4 Å². The third kappa shape index (κ3) is 3.41. The van der Waals surface area contributed by atoms with E-state index < -0.39 is 0 Å². The van der Waals surface area contributed by atoms with Crippen LogP contribution in [0.25, 0.3) is 0 Å². The van der Waals surface area contributed by atoms with E-state index in [0.717, 1.165) is 12.8 Å². The van der Waals surface area contributed by atoms with Crippen LogP contribution in [-0.4, -0.2) is 34.8 Å². The summed E-state index contributed by atoms with van der Waals surface area (Å²) in [6.45, 7) is 0.751. The van der Waals surface area contributed by atoms with Crippen molar-refractivity contribution in [3.8, 4) is 0 Å². The summed E-state index contributed by atoms with van der Waals surface area (Å²) < 4.78 is 0.523. The maximum atomic E-state index is 11.7. The monoisotopic (exact) mass is 273 g/mol. The minimum atomic E-state index is -0.230. The number of thiazole rings is 1. The molecule has 0 bridgehead atoms. The SMILES string of the molecule is O=C(CN1CCCCC1=O)Nc1ncc(Cl)s1. The molecule has 0 spiro atoms. The number of piperidine rings is 1. The van der Waals surface area contributed by atoms with Gasteiger partial charge in [0.1, 0.15) is 4.34 Å². The predicted molar refractivity (Wildman–Crippen MR) is 66.2 cm³/mol. The van der Waals surface area contributed by atoms with Gasteiger partial charge in [-0.3, -0.25) is 9.59 Å². The second-order valence-corrected chi connectivity index (χ2v) is 5.45. The van der Waals surface area contributed by atoms with Crippen LogP contribution in [0.4, 0.5) is 5.13 Å². The number of aromatic nitrogens is 1. The van der Waals surface area contributed by atoms with Gasteiger partial charge in [-0.05, 0) is 12.8 Å². The molecular formula is C10H12ClN3O2S. The van der Waals surface area contributed by atoms with Gasteiger partial charge in [-0.15, -0.1) is 0 Å². The molecule has 0 atom stereocenters. The lowest BCUT2D eigenvalue weighted by atomic mass is 10.1. The van der Waals surface area contributed by atoms with E-state index in [0.29, 0.717) is 22.4 Å². The Kier molecular flexibility index (Phi) is 3.96. The molecular weight excluding hydrogens is 262 g/mol. The second-order valence-electron chi connectivity index (χ2n) is 3.79. The summed E-state index contributed by atoms with van der Waals surface area (Å²) in [6, 6.07) is 0. The van der Waals surface area contributed by atoms with Crippen LogP contribution in [-0.2, 0) is 9.59 Å². The molecule has 1 N–H and O–H groups in total. The zero-order chi connectivity index (χ0) is 12.3. The molecule has 1 aromatic rings. The van der Waals surface area contributed by atoms with Gasteiger partial charge in [0.05, 0.1) is 12.7 Å². The van der Waals surface area contributed by atoms with Crippen LogP contribution in [0.1, 0.15) is 19.3 Å². The van der Waals surface area contributed by atoms with Crippen LogP contribution in [0.15, 0.2) is 6.20 Å². The van der Waals surface area contributed by atoms with Crippen LogP contribution >= 0.6 is 22.9 Å². The van der Waals surface area contributed by atoms with Crippen molar-refractivity contribution >= 4 is 39.9 Å². The molecule has 0 unspecified atom stereocenters. The van der Waals surface area contributed by atoms with Crippen molar-refractivity contribution in [3.63, 3.8) is 0 Å². The minimum Gasteiger partial charge on any atom is -0.333 e. The molecule has 1 saturated heterocycles. The summed E-state index contributed by atoms with van der Waals surface area (Å²) in [5, 5.41) is 3.08. The average molecular weight is 274 g/mol. The fraction of sp³-hybridized carbons (Fsp3) is 0.500. The summed E-state index contributed by atoms with van der Waals surface area (Å²) in [4.78, 5) is 28.6. The van der Waals surface area contributed by atoms with Crippen molar-refractivity contribution in [1.29, 1.82) is 0 Å². The van der Waals surface area contributed by atoms with Gasteiger partial charge in [0, 0.05) is 13.0 Å². The maximum absolute atomic E-state index is 11.7. The van der Waals surface area contributed by atoms with Crippen molar-refractivity contribution in [2.75, 3.05) is 18.4 Å². The van der Waals surface area contributed by atoms with Crippen LogP contribution in [0, 0.1) is 0 Å².